The molecule has 4 nitrogen and oxygen atoms in total. The molecule has 1 aliphatic rings. The zero-order valence-electron chi connectivity index (χ0n) is 11.0. The van der Waals surface area contributed by atoms with E-state index in [9.17, 15) is 9.59 Å². The molecule has 0 spiro atoms. The quantitative estimate of drug-likeness (QED) is 0.783. The van der Waals surface area contributed by atoms with Gasteiger partial charge in [-0.3, -0.25) is 14.5 Å². The predicted octanol–water partition coefficient (Wildman–Crippen LogP) is 3.44. The first kappa shape index (κ1) is 12.4. The molecule has 0 saturated carbocycles. The monoisotopic (exact) mass is 267 g/mol. The standard InChI is InChI=1S/C16H13NO3/c1-11(18)10-16(19)17-12-6-2-4-8-14(12)20-15-9-5-3-7-13(15)17/h2-9H,10H2,1H3. The van der Waals surface area contributed by atoms with Gasteiger partial charge in [0.2, 0.25) is 5.91 Å². The average molecular weight is 267 g/mol. The van der Waals surface area contributed by atoms with Gasteiger partial charge >= 0.3 is 0 Å². The number of hydrogen-bond acceptors (Lipinski definition) is 3. The SMILES string of the molecule is CC(=O)CC(=O)N1c2ccccc2Oc2ccccc21. The highest BCUT2D eigenvalue weighted by atomic mass is 16.5. The number of benzene rings is 2. The van der Waals surface area contributed by atoms with E-state index >= 15 is 0 Å². The molecular formula is C16H13NO3. The van der Waals surface area contributed by atoms with Gasteiger partial charge in [-0.15, -0.1) is 0 Å². The van der Waals surface area contributed by atoms with Gasteiger partial charge in [0.15, 0.2) is 11.5 Å². The highest BCUT2D eigenvalue weighted by Gasteiger charge is 2.28. The Balaban J connectivity index is 2.12. The van der Waals surface area contributed by atoms with Gasteiger partial charge in [0, 0.05) is 0 Å². The summed E-state index contributed by atoms with van der Waals surface area (Å²) in [4.78, 5) is 25.2. The van der Waals surface area contributed by atoms with E-state index in [2.05, 4.69) is 0 Å². The lowest BCUT2D eigenvalue weighted by atomic mass is 10.1. The Kier molecular flexibility index (Phi) is 2.99. The van der Waals surface area contributed by atoms with Crippen LogP contribution in [0, 0.1) is 0 Å². The number of hydrogen-bond donors (Lipinski definition) is 0. The molecule has 1 aliphatic heterocycles. The van der Waals surface area contributed by atoms with Crippen molar-refractivity contribution < 1.29 is 14.3 Å². The van der Waals surface area contributed by atoms with Gasteiger partial charge in [0.05, 0.1) is 17.8 Å². The van der Waals surface area contributed by atoms with E-state index in [0.717, 1.165) is 0 Å². The topological polar surface area (TPSA) is 46.6 Å². The molecule has 0 N–H and O–H groups in total. The summed E-state index contributed by atoms with van der Waals surface area (Å²) in [7, 11) is 0. The summed E-state index contributed by atoms with van der Waals surface area (Å²) >= 11 is 0. The Bertz CT molecular complexity index is 648. The molecule has 0 bridgehead atoms. The van der Waals surface area contributed by atoms with Crippen LogP contribution in [0.15, 0.2) is 48.5 Å². The molecule has 0 radical (unpaired) electrons. The minimum absolute atomic E-state index is 0.122. The fourth-order valence-electron chi connectivity index (χ4n) is 2.27. The molecule has 1 heterocycles. The van der Waals surface area contributed by atoms with E-state index < -0.39 is 0 Å². The number of anilines is 2. The Hall–Kier alpha value is -2.62. The van der Waals surface area contributed by atoms with Crippen molar-refractivity contribution in [3.63, 3.8) is 0 Å². The van der Waals surface area contributed by atoms with E-state index in [0.29, 0.717) is 22.9 Å². The van der Waals surface area contributed by atoms with Crippen molar-refractivity contribution in [1.29, 1.82) is 0 Å². The molecule has 2 aromatic rings. The molecule has 0 fully saturated rings. The fourth-order valence-corrected chi connectivity index (χ4v) is 2.27. The van der Waals surface area contributed by atoms with Crippen LogP contribution in [-0.2, 0) is 9.59 Å². The number of rotatable bonds is 2. The largest absolute Gasteiger partial charge is 0.453 e. The highest BCUT2D eigenvalue weighted by molar-refractivity contribution is 6.11. The lowest BCUT2D eigenvalue weighted by molar-refractivity contribution is -0.125. The van der Waals surface area contributed by atoms with Crippen molar-refractivity contribution in [3.8, 4) is 11.5 Å². The number of carbonyl (C=O) groups excluding carboxylic acids is 2. The first-order valence-electron chi connectivity index (χ1n) is 6.35. The Morgan fingerprint density at radius 2 is 1.45 bits per heavy atom. The fraction of sp³-hybridized carbons (Fsp3) is 0.125. The zero-order valence-corrected chi connectivity index (χ0v) is 11.0. The summed E-state index contributed by atoms with van der Waals surface area (Å²) < 4.78 is 5.78. The van der Waals surface area contributed by atoms with Crippen molar-refractivity contribution in [3.05, 3.63) is 48.5 Å². The van der Waals surface area contributed by atoms with Crippen LogP contribution in [0.5, 0.6) is 11.5 Å². The number of carbonyl (C=O) groups is 2. The van der Waals surface area contributed by atoms with Gasteiger partial charge in [0.1, 0.15) is 5.78 Å². The van der Waals surface area contributed by atoms with Crippen molar-refractivity contribution >= 4 is 23.1 Å². The van der Waals surface area contributed by atoms with E-state index in [1.165, 1.54) is 6.92 Å². The summed E-state index contributed by atoms with van der Waals surface area (Å²) in [5.41, 5.74) is 1.33. The van der Waals surface area contributed by atoms with Crippen LogP contribution in [0.2, 0.25) is 0 Å². The van der Waals surface area contributed by atoms with Crippen molar-refractivity contribution in [2.45, 2.75) is 13.3 Å². The van der Waals surface area contributed by atoms with Crippen LogP contribution in [0.3, 0.4) is 0 Å². The van der Waals surface area contributed by atoms with E-state index in [-0.39, 0.29) is 18.1 Å². The second-order valence-electron chi connectivity index (χ2n) is 4.65. The first-order chi connectivity index (χ1) is 9.66. The van der Waals surface area contributed by atoms with Crippen LogP contribution in [-0.4, -0.2) is 11.7 Å². The Labute approximate surface area is 116 Å². The minimum Gasteiger partial charge on any atom is -0.453 e. The lowest BCUT2D eigenvalue weighted by Gasteiger charge is -2.30. The molecule has 100 valence electrons. The molecule has 4 heteroatoms. The normalized spacial score (nSPS) is 12.2. The van der Waals surface area contributed by atoms with Gasteiger partial charge in [0.25, 0.3) is 0 Å². The van der Waals surface area contributed by atoms with Gasteiger partial charge in [-0.1, -0.05) is 24.3 Å². The summed E-state index contributed by atoms with van der Waals surface area (Å²) in [6.07, 6.45) is -0.122. The zero-order chi connectivity index (χ0) is 14.1. The second kappa shape index (κ2) is 4.81. The maximum absolute atomic E-state index is 12.4. The van der Waals surface area contributed by atoms with Crippen LogP contribution < -0.4 is 9.64 Å². The predicted molar refractivity (Wildman–Crippen MR) is 75.4 cm³/mol. The maximum atomic E-state index is 12.4. The average Bonchev–Trinajstić information content (AvgIpc) is 2.43. The molecule has 2 aromatic carbocycles. The number of nitrogens with zero attached hydrogens (tertiary/aromatic N) is 1. The van der Waals surface area contributed by atoms with Crippen LogP contribution in [0.4, 0.5) is 11.4 Å². The minimum atomic E-state index is -0.249. The third kappa shape index (κ3) is 2.05. The lowest BCUT2D eigenvalue weighted by Crippen LogP contribution is -2.29. The summed E-state index contributed by atoms with van der Waals surface area (Å²) in [5, 5.41) is 0. The summed E-state index contributed by atoms with van der Waals surface area (Å²) in [6.45, 7) is 1.41. The van der Waals surface area contributed by atoms with Crippen LogP contribution >= 0.6 is 0 Å². The highest BCUT2D eigenvalue weighted by Crippen LogP contribution is 2.46. The van der Waals surface area contributed by atoms with E-state index in [4.69, 9.17) is 4.74 Å². The molecule has 3 rings (SSSR count). The number of amides is 1. The van der Waals surface area contributed by atoms with Crippen molar-refractivity contribution in [2.75, 3.05) is 4.90 Å². The summed E-state index contributed by atoms with van der Waals surface area (Å²) in [5.74, 6) is 0.823. The molecule has 20 heavy (non-hydrogen) atoms. The number of ketones is 1. The van der Waals surface area contributed by atoms with Gasteiger partial charge in [-0.2, -0.15) is 0 Å². The van der Waals surface area contributed by atoms with Gasteiger partial charge in [-0.05, 0) is 31.2 Å². The van der Waals surface area contributed by atoms with Crippen molar-refractivity contribution in [2.24, 2.45) is 0 Å². The molecular weight excluding hydrogens is 254 g/mol. The van der Waals surface area contributed by atoms with E-state index in [1.54, 1.807) is 17.0 Å². The molecule has 0 saturated heterocycles. The van der Waals surface area contributed by atoms with E-state index in [1.807, 2.05) is 36.4 Å². The number of fused-ring (bicyclic) bond motifs is 2. The Morgan fingerprint density at radius 3 is 1.95 bits per heavy atom. The van der Waals surface area contributed by atoms with Crippen LogP contribution in [0.25, 0.3) is 0 Å². The molecule has 1 amide bonds. The number of Topliss-reactive ketones (excluding diaryl/α,β-unsaturated/α-hetero) is 1. The third-order valence-electron chi connectivity index (χ3n) is 3.08. The second-order valence-corrected chi connectivity index (χ2v) is 4.65. The first-order valence-corrected chi connectivity index (χ1v) is 6.35. The van der Waals surface area contributed by atoms with Gasteiger partial charge in [-0.25, -0.2) is 0 Å². The third-order valence-corrected chi connectivity index (χ3v) is 3.08. The maximum Gasteiger partial charge on any atom is 0.239 e. The Morgan fingerprint density at radius 1 is 0.950 bits per heavy atom. The van der Waals surface area contributed by atoms with Crippen LogP contribution in [0.1, 0.15) is 13.3 Å². The number of ether oxygens (including phenoxy) is 1. The number of para-hydroxylation sites is 4. The smallest absolute Gasteiger partial charge is 0.239 e. The molecule has 0 aliphatic carbocycles. The molecule has 0 unspecified atom stereocenters. The van der Waals surface area contributed by atoms with Gasteiger partial charge < -0.3 is 4.74 Å². The summed E-state index contributed by atoms with van der Waals surface area (Å²) in [6, 6.07) is 14.6. The molecule has 0 atom stereocenters. The molecule has 0 aromatic heterocycles. The van der Waals surface area contributed by atoms with Crippen molar-refractivity contribution in [1.82, 2.24) is 0 Å².